The van der Waals surface area contributed by atoms with Crippen molar-refractivity contribution in [3.63, 3.8) is 0 Å². The molecule has 3 aromatic heterocycles. The molecule has 140 valence electrons. The van der Waals surface area contributed by atoms with Crippen molar-refractivity contribution in [1.82, 2.24) is 15.0 Å². The molecule has 0 aliphatic carbocycles. The van der Waals surface area contributed by atoms with Gasteiger partial charge in [0.15, 0.2) is 10.8 Å². The van der Waals surface area contributed by atoms with Gasteiger partial charge in [-0.25, -0.2) is 4.98 Å². The number of rotatable bonds is 4. The summed E-state index contributed by atoms with van der Waals surface area (Å²) in [5.74, 6) is 0.405. The molecule has 4 rings (SSSR count). The predicted octanol–water partition coefficient (Wildman–Crippen LogP) is 5.09. The lowest BCUT2D eigenvalue weighted by Crippen LogP contribution is -2.14. The number of amides is 1. The van der Waals surface area contributed by atoms with Gasteiger partial charge in [-0.1, -0.05) is 29.5 Å². The number of aryl methyl sites for hydroxylation is 1. The van der Waals surface area contributed by atoms with Crippen LogP contribution in [0.5, 0.6) is 5.75 Å². The summed E-state index contributed by atoms with van der Waals surface area (Å²) in [4.78, 5) is 25.9. The third-order valence-corrected chi connectivity index (χ3v) is 5.46. The van der Waals surface area contributed by atoms with E-state index in [-0.39, 0.29) is 5.91 Å². The molecule has 0 atom stereocenters. The van der Waals surface area contributed by atoms with Crippen molar-refractivity contribution >= 4 is 48.7 Å². The number of methoxy groups -OCH3 is 1. The highest BCUT2D eigenvalue weighted by atomic mass is 79.9. The lowest BCUT2D eigenvalue weighted by atomic mass is 9.99. The maximum absolute atomic E-state index is 13.0. The van der Waals surface area contributed by atoms with E-state index in [1.807, 2.05) is 43.3 Å². The van der Waals surface area contributed by atoms with E-state index in [4.69, 9.17) is 4.74 Å². The average molecular weight is 455 g/mol. The van der Waals surface area contributed by atoms with Gasteiger partial charge in [0.25, 0.3) is 5.91 Å². The molecular formula is C20H15BrN4O2S. The van der Waals surface area contributed by atoms with E-state index >= 15 is 0 Å². The molecule has 0 spiro atoms. The van der Waals surface area contributed by atoms with Crippen LogP contribution in [0.25, 0.3) is 21.5 Å². The fraction of sp³-hybridized carbons (Fsp3) is 0.100. The van der Waals surface area contributed by atoms with Crippen LogP contribution in [0, 0.1) is 6.92 Å². The number of benzene rings is 1. The molecule has 1 amide bonds. The van der Waals surface area contributed by atoms with Crippen LogP contribution >= 0.6 is 27.3 Å². The molecule has 0 aliphatic rings. The van der Waals surface area contributed by atoms with Gasteiger partial charge in [-0.05, 0) is 41.1 Å². The summed E-state index contributed by atoms with van der Waals surface area (Å²) in [7, 11) is 1.61. The summed E-state index contributed by atoms with van der Waals surface area (Å²) < 4.78 is 7.22. The molecular weight excluding hydrogens is 440 g/mol. The molecule has 0 fully saturated rings. The second-order valence-electron chi connectivity index (χ2n) is 6.02. The topological polar surface area (TPSA) is 77.0 Å². The predicted molar refractivity (Wildman–Crippen MR) is 114 cm³/mol. The Morgan fingerprint density at radius 3 is 2.79 bits per heavy atom. The van der Waals surface area contributed by atoms with Gasteiger partial charge in [0.2, 0.25) is 0 Å². The molecule has 28 heavy (non-hydrogen) atoms. The van der Waals surface area contributed by atoms with Crippen LogP contribution in [0.2, 0.25) is 0 Å². The van der Waals surface area contributed by atoms with E-state index in [1.54, 1.807) is 19.5 Å². The molecule has 0 bridgehead atoms. The number of hydrogen-bond donors (Lipinski definition) is 1. The summed E-state index contributed by atoms with van der Waals surface area (Å²) >= 11 is 4.76. The summed E-state index contributed by atoms with van der Waals surface area (Å²) in [5, 5.41) is 3.35. The molecule has 0 saturated carbocycles. The lowest BCUT2D eigenvalue weighted by molar-refractivity contribution is 0.102. The molecule has 1 aromatic carbocycles. The lowest BCUT2D eigenvalue weighted by Gasteiger charge is -2.13. The van der Waals surface area contributed by atoms with Gasteiger partial charge in [0.1, 0.15) is 5.75 Å². The zero-order valence-corrected chi connectivity index (χ0v) is 17.5. The highest BCUT2D eigenvalue weighted by Crippen LogP contribution is 2.33. The van der Waals surface area contributed by atoms with E-state index in [0.717, 1.165) is 26.0 Å². The van der Waals surface area contributed by atoms with Gasteiger partial charge in [-0.15, -0.1) is 0 Å². The van der Waals surface area contributed by atoms with Crippen LogP contribution in [-0.2, 0) is 0 Å². The molecule has 0 radical (unpaired) electrons. The summed E-state index contributed by atoms with van der Waals surface area (Å²) in [6, 6.07) is 11.4. The van der Waals surface area contributed by atoms with Crippen molar-refractivity contribution in [2.75, 3.05) is 12.4 Å². The fourth-order valence-corrected chi connectivity index (χ4v) is 4.19. The summed E-state index contributed by atoms with van der Waals surface area (Å²) in [5.41, 5.74) is 3.44. The minimum absolute atomic E-state index is 0.286. The van der Waals surface area contributed by atoms with Crippen molar-refractivity contribution in [3.05, 3.63) is 64.5 Å². The fourth-order valence-electron chi connectivity index (χ4n) is 2.84. The van der Waals surface area contributed by atoms with Crippen LogP contribution in [0.3, 0.4) is 0 Å². The Morgan fingerprint density at radius 1 is 1.14 bits per heavy atom. The maximum Gasteiger partial charge on any atom is 0.259 e. The molecule has 4 aromatic rings. The van der Waals surface area contributed by atoms with E-state index in [2.05, 4.69) is 36.2 Å². The smallest absolute Gasteiger partial charge is 0.259 e. The number of ether oxygens (including phenoxy) is 1. The molecule has 0 aliphatic heterocycles. The van der Waals surface area contributed by atoms with E-state index in [1.165, 1.54) is 11.3 Å². The second-order valence-corrected chi connectivity index (χ2v) is 7.97. The average Bonchev–Trinajstić information content (AvgIpc) is 3.09. The number of carbonyl (C=O) groups is 1. The number of carbonyl (C=O) groups excluding carboxylic acids is 1. The Kier molecular flexibility index (Phi) is 5.06. The zero-order chi connectivity index (χ0) is 19.7. The second kappa shape index (κ2) is 7.65. The van der Waals surface area contributed by atoms with Gasteiger partial charge >= 0.3 is 0 Å². The first-order valence-electron chi connectivity index (χ1n) is 8.38. The Bertz CT molecular complexity index is 1190. The molecule has 8 heteroatoms. The molecule has 0 saturated heterocycles. The van der Waals surface area contributed by atoms with Gasteiger partial charge in [-0.2, -0.15) is 4.98 Å². The van der Waals surface area contributed by atoms with Crippen molar-refractivity contribution < 1.29 is 9.53 Å². The SMILES string of the molecule is COc1ccccc1-c1cc(C)ncc1C(=O)Nc1nc2ncc(Br)cc2s1. The number of anilines is 1. The van der Waals surface area contributed by atoms with Crippen LogP contribution in [0.15, 0.2) is 53.3 Å². The largest absolute Gasteiger partial charge is 0.496 e. The van der Waals surface area contributed by atoms with E-state index in [9.17, 15) is 4.79 Å². The first-order chi connectivity index (χ1) is 13.5. The third kappa shape index (κ3) is 3.61. The van der Waals surface area contributed by atoms with Crippen molar-refractivity contribution in [3.8, 4) is 16.9 Å². The number of hydrogen-bond acceptors (Lipinski definition) is 6. The Hall–Kier alpha value is -2.84. The van der Waals surface area contributed by atoms with E-state index < -0.39 is 0 Å². The maximum atomic E-state index is 13.0. The zero-order valence-electron chi connectivity index (χ0n) is 15.1. The van der Waals surface area contributed by atoms with Crippen molar-refractivity contribution in [1.29, 1.82) is 0 Å². The number of pyridine rings is 2. The van der Waals surface area contributed by atoms with Gasteiger partial charge in [0, 0.05) is 33.7 Å². The molecule has 3 heterocycles. The van der Waals surface area contributed by atoms with Crippen LogP contribution in [0.1, 0.15) is 16.1 Å². The highest BCUT2D eigenvalue weighted by molar-refractivity contribution is 9.10. The standard InChI is InChI=1S/C20H15BrN4O2S/c1-11-7-14(13-5-3-4-6-16(13)27-2)15(10-22-11)19(26)25-20-24-18-17(28-20)8-12(21)9-23-18/h3-10H,1-2H3,(H,23,24,25,26). The molecule has 1 N–H and O–H groups in total. The Labute approximate surface area is 173 Å². The van der Waals surface area contributed by atoms with Crippen LogP contribution < -0.4 is 10.1 Å². The summed E-state index contributed by atoms with van der Waals surface area (Å²) in [6.45, 7) is 1.89. The normalized spacial score (nSPS) is 10.8. The minimum atomic E-state index is -0.286. The number of nitrogens with one attached hydrogen (secondary N) is 1. The number of halogens is 1. The quantitative estimate of drug-likeness (QED) is 0.464. The number of nitrogens with zero attached hydrogens (tertiary/aromatic N) is 3. The number of para-hydroxylation sites is 1. The van der Waals surface area contributed by atoms with Crippen molar-refractivity contribution in [2.45, 2.75) is 6.92 Å². The third-order valence-electron chi connectivity index (χ3n) is 4.12. The number of aromatic nitrogens is 3. The van der Waals surface area contributed by atoms with Gasteiger partial charge < -0.3 is 4.74 Å². The monoisotopic (exact) mass is 454 g/mol. The minimum Gasteiger partial charge on any atom is -0.496 e. The van der Waals surface area contributed by atoms with Gasteiger partial charge in [0.05, 0.1) is 17.4 Å². The number of thiazole rings is 1. The van der Waals surface area contributed by atoms with E-state index in [0.29, 0.717) is 22.1 Å². The molecule has 0 unspecified atom stereocenters. The van der Waals surface area contributed by atoms with Crippen LogP contribution in [-0.4, -0.2) is 28.0 Å². The number of fused-ring (bicyclic) bond motifs is 1. The molecule has 6 nitrogen and oxygen atoms in total. The van der Waals surface area contributed by atoms with Crippen LogP contribution in [0.4, 0.5) is 5.13 Å². The summed E-state index contributed by atoms with van der Waals surface area (Å²) in [6.07, 6.45) is 3.26. The Morgan fingerprint density at radius 2 is 1.96 bits per heavy atom. The van der Waals surface area contributed by atoms with Gasteiger partial charge in [-0.3, -0.25) is 15.1 Å². The first-order valence-corrected chi connectivity index (χ1v) is 9.99. The first kappa shape index (κ1) is 18.5. The van der Waals surface area contributed by atoms with Crippen molar-refractivity contribution in [2.24, 2.45) is 0 Å². The highest BCUT2D eigenvalue weighted by Gasteiger charge is 2.18. The Balaban J connectivity index is 1.73.